The molecular weight excluding hydrogens is 218 g/mol. The SMILES string of the molecule is Cn1c(C2(C(=O)O)CCC2)nc2ncccc21. The van der Waals surface area contributed by atoms with Crippen LogP contribution >= 0.6 is 0 Å². The highest BCUT2D eigenvalue weighted by Crippen LogP contribution is 2.43. The number of carboxylic acid groups (broad SMARTS) is 1. The minimum Gasteiger partial charge on any atom is -0.480 e. The third kappa shape index (κ3) is 1.22. The molecule has 17 heavy (non-hydrogen) atoms. The number of rotatable bonds is 2. The molecule has 0 saturated heterocycles. The molecule has 5 nitrogen and oxygen atoms in total. The second-order valence-electron chi connectivity index (χ2n) is 4.58. The normalized spacial score (nSPS) is 17.9. The lowest BCUT2D eigenvalue weighted by Gasteiger charge is -2.36. The Morgan fingerprint density at radius 3 is 2.82 bits per heavy atom. The first kappa shape index (κ1) is 10.3. The summed E-state index contributed by atoms with van der Waals surface area (Å²) in [5.74, 6) is -0.146. The number of pyridine rings is 1. The van der Waals surface area contributed by atoms with Crippen LogP contribution < -0.4 is 0 Å². The largest absolute Gasteiger partial charge is 0.480 e. The van der Waals surface area contributed by atoms with Crippen LogP contribution in [0.25, 0.3) is 11.2 Å². The molecule has 1 saturated carbocycles. The van der Waals surface area contributed by atoms with E-state index in [2.05, 4.69) is 9.97 Å². The second-order valence-corrected chi connectivity index (χ2v) is 4.58. The average molecular weight is 231 g/mol. The monoisotopic (exact) mass is 231 g/mol. The quantitative estimate of drug-likeness (QED) is 0.849. The summed E-state index contributed by atoms with van der Waals surface area (Å²) in [6.07, 6.45) is 3.95. The van der Waals surface area contributed by atoms with Crippen LogP contribution in [0.3, 0.4) is 0 Å². The zero-order valence-electron chi connectivity index (χ0n) is 9.55. The standard InChI is InChI=1S/C12H13N3O2/c1-15-8-4-2-7-13-9(8)14-10(15)12(11(16)17)5-3-6-12/h2,4,7H,3,5-6H2,1H3,(H,16,17). The predicted octanol–water partition coefficient (Wildman–Crippen LogP) is 1.47. The Labute approximate surface area is 98.1 Å². The summed E-state index contributed by atoms with van der Waals surface area (Å²) >= 11 is 0. The number of hydrogen-bond acceptors (Lipinski definition) is 3. The van der Waals surface area contributed by atoms with Gasteiger partial charge in [-0.15, -0.1) is 0 Å². The fraction of sp³-hybridized carbons (Fsp3) is 0.417. The van der Waals surface area contributed by atoms with E-state index in [1.165, 1.54) is 0 Å². The van der Waals surface area contributed by atoms with E-state index in [9.17, 15) is 9.90 Å². The van der Waals surface area contributed by atoms with E-state index in [0.717, 1.165) is 11.9 Å². The van der Waals surface area contributed by atoms with Crippen molar-refractivity contribution in [2.45, 2.75) is 24.7 Å². The maximum Gasteiger partial charge on any atom is 0.317 e. The highest BCUT2D eigenvalue weighted by Gasteiger charge is 2.49. The molecule has 0 atom stereocenters. The molecule has 88 valence electrons. The summed E-state index contributed by atoms with van der Waals surface area (Å²) in [6, 6.07) is 3.75. The third-order valence-corrected chi connectivity index (χ3v) is 3.70. The third-order valence-electron chi connectivity index (χ3n) is 3.70. The lowest BCUT2D eigenvalue weighted by Crippen LogP contribution is -2.44. The van der Waals surface area contributed by atoms with E-state index in [1.54, 1.807) is 6.20 Å². The van der Waals surface area contributed by atoms with Gasteiger partial charge in [-0.2, -0.15) is 0 Å². The van der Waals surface area contributed by atoms with Crippen molar-refractivity contribution in [2.24, 2.45) is 7.05 Å². The van der Waals surface area contributed by atoms with Crippen molar-refractivity contribution in [1.82, 2.24) is 14.5 Å². The maximum absolute atomic E-state index is 11.5. The van der Waals surface area contributed by atoms with Crippen LogP contribution in [0.15, 0.2) is 18.3 Å². The number of carboxylic acids is 1. The van der Waals surface area contributed by atoms with Crippen molar-refractivity contribution in [3.8, 4) is 0 Å². The molecular formula is C12H13N3O2. The summed E-state index contributed by atoms with van der Waals surface area (Å²) in [6.45, 7) is 0. The Morgan fingerprint density at radius 1 is 1.53 bits per heavy atom. The average Bonchev–Trinajstić information content (AvgIpc) is 2.56. The van der Waals surface area contributed by atoms with Crippen molar-refractivity contribution < 1.29 is 9.90 Å². The summed E-state index contributed by atoms with van der Waals surface area (Å²) in [4.78, 5) is 20.0. The van der Waals surface area contributed by atoms with Gasteiger partial charge in [-0.1, -0.05) is 6.42 Å². The first-order valence-electron chi connectivity index (χ1n) is 5.66. The Balaban J connectivity index is 2.24. The van der Waals surface area contributed by atoms with Gasteiger partial charge in [0.25, 0.3) is 0 Å². The van der Waals surface area contributed by atoms with E-state index in [0.29, 0.717) is 24.3 Å². The Kier molecular flexibility index (Phi) is 1.98. The Bertz CT molecular complexity index is 599. The molecule has 1 fully saturated rings. The number of nitrogens with zero attached hydrogens (tertiary/aromatic N) is 3. The molecule has 0 aromatic carbocycles. The van der Waals surface area contributed by atoms with E-state index in [4.69, 9.17) is 0 Å². The van der Waals surface area contributed by atoms with Crippen molar-refractivity contribution in [2.75, 3.05) is 0 Å². The lowest BCUT2D eigenvalue weighted by atomic mass is 9.68. The number of hydrogen-bond donors (Lipinski definition) is 1. The number of imidazole rings is 1. The van der Waals surface area contributed by atoms with Crippen LogP contribution in [-0.2, 0) is 17.3 Å². The number of aliphatic carboxylic acids is 1. The fourth-order valence-corrected chi connectivity index (χ4v) is 2.52. The molecule has 0 radical (unpaired) electrons. The highest BCUT2D eigenvalue weighted by atomic mass is 16.4. The number of aryl methyl sites for hydroxylation is 1. The van der Waals surface area contributed by atoms with Crippen molar-refractivity contribution in [1.29, 1.82) is 0 Å². The van der Waals surface area contributed by atoms with Gasteiger partial charge >= 0.3 is 5.97 Å². The fourth-order valence-electron chi connectivity index (χ4n) is 2.52. The van der Waals surface area contributed by atoms with E-state index < -0.39 is 11.4 Å². The maximum atomic E-state index is 11.5. The molecule has 3 rings (SSSR count). The molecule has 1 N–H and O–H groups in total. The summed E-state index contributed by atoms with van der Waals surface area (Å²) in [7, 11) is 1.86. The molecule has 1 aliphatic rings. The molecule has 2 aromatic rings. The van der Waals surface area contributed by atoms with Gasteiger partial charge in [0.05, 0.1) is 5.52 Å². The zero-order valence-corrected chi connectivity index (χ0v) is 9.55. The molecule has 0 amide bonds. The van der Waals surface area contributed by atoms with Gasteiger partial charge in [0.1, 0.15) is 11.2 Å². The molecule has 0 aliphatic heterocycles. The topological polar surface area (TPSA) is 68.0 Å². The van der Waals surface area contributed by atoms with Crippen molar-refractivity contribution in [3.05, 3.63) is 24.2 Å². The molecule has 0 spiro atoms. The van der Waals surface area contributed by atoms with Gasteiger partial charge in [-0.3, -0.25) is 4.79 Å². The predicted molar refractivity (Wildman–Crippen MR) is 61.7 cm³/mol. The van der Waals surface area contributed by atoms with Crippen LogP contribution in [0, 0.1) is 0 Å². The Morgan fingerprint density at radius 2 is 2.29 bits per heavy atom. The van der Waals surface area contributed by atoms with Gasteiger partial charge in [-0.05, 0) is 25.0 Å². The van der Waals surface area contributed by atoms with E-state index >= 15 is 0 Å². The molecule has 2 heterocycles. The van der Waals surface area contributed by atoms with Crippen LogP contribution in [-0.4, -0.2) is 25.6 Å². The minimum absolute atomic E-state index is 0.623. The number of aromatic nitrogens is 3. The van der Waals surface area contributed by atoms with Crippen molar-refractivity contribution >= 4 is 17.1 Å². The van der Waals surface area contributed by atoms with Crippen molar-refractivity contribution in [3.63, 3.8) is 0 Å². The molecule has 5 heteroatoms. The van der Waals surface area contributed by atoms with Gasteiger partial charge in [0, 0.05) is 13.2 Å². The smallest absolute Gasteiger partial charge is 0.317 e. The zero-order chi connectivity index (χ0) is 12.0. The molecule has 0 unspecified atom stereocenters. The summed E-state index contributed by atoms with van der Waals surface area (Å²) < 4.78 is 1.86. The summed E-state index contributed by atoms with van der Waals surface area (Å²) in [5.41, 5.74) is 0.711. The van der Waals surface area contributed by atoms with Crippen LogP contribution in [0.1, 0.15) is 25.1 Å². The first-order chi connectivity index (χ1) is 8.15. The van der Waals surface area contributed by atoms with E-state index in [1.807, 2.05) is 23.7 Å². The molecule has 2 aromatic heterocycles. The van der Waals surface area contributed by atoms with Crippen LogP contribution in [0.4, 0.5) is 0 Å². The lowest BCUT2D eigenvalue weighted by molar-refractivity contribution is -0.148. The summed E-state index contributed by atoms with van der Waals surface area (Å²) in [5, 5.41) is 9.41. The second kappa shape index (κ2) is 3.29. The number of fused-ring (bicyclic) bond motifs is 1. The Hall–Kier alpha value is -1.91. The number of carbonyl (C=O) groups is 1. The van der Waals surface area contributed by atoms with Gasteiger partial charge in [0.15, 0.2) is 5.65 Å². The van der Waals surface area contributed by atoms with Gasteiger partial charge in [0.2, 0.25) is 0 Å². The van der Waals surface area contributed by atoms with Crippen LogP contribution in [0.5, 0.6) is 0 Å². The van der Waals surface area contributed by atoms with Crippen LogP contribution in [0.2, 0.25) is 0 Å². The van der Waals surface area contributed by atoms with E-state index in [-0.39, 0.29) is 0 Å². The van der Waals surface area contributed by atoms with Gasteiger partial charge in [-0.25, -0.2) is 9.97 Å². The van der Waals surface area contributed by atoms with Gasteiger partial charge < -0.3 is 9.67 Å². The molecule has 1 aliphatic carbocycles. The first-order valence-corrected chi connectivity index (χ1v) is 5.66. The molecule has 0 bridgehead atoms. The minimum atomic E-state index is -0.796. The highest BCUT2D eigenvalue weighted by molar-refractivity contribution is 5.83.